The second-order valence-corrected chi connectivity index (χ2v) is 5.97. The van der Waals surface area contributed by atoms with E-state index in [-0.39, 0.29) is 0 Å². The topological polar surface area (TPSA) is 37.8 Å². The number of aromatic nitrogens is 2. The highest BCUT2D eigenvalue weighted by Gasteiger charge is 2.23. The number of hydrogen-bond donors (Lipinski definition) is 1. The van der Waals surface area contributed by atoms with Crippen LogP contribution in [0.2, 0.25) is 0 Å². The summed E-state index contributed by atoms with van der Waals surface area (Å²) in [4.78, 5) is 9.57. The molecule has 0 amide bonds. The molecule has 0 unspecified atom stereocenters. The van der Waals surface area contributed by atoms with Crippen LogP contribution in [0.25, 0.3) is 0 Å². The third-order valence-electron chi connectivity index (χ3n) is 4.37. The maximum Gasteiger partial charge on any atom is 0.131 e. The van der Waals surface area contributed by atoms with E-state index >= 15 is 0 Å². The molecular weight excluding hydrogens is 234 g/mol. The van der Waals surface area contributed by atoms with E-state index in [0.717, 1.165) is 36.2 Å². The summed E-state index contributed by atoms with van der Waals surface area (Å²) in [6, 6.07) is 0. The molecule has 0 saturated heterocycles. The number of nitrogens with zero attached hydrogens (tertiary/aromatic N) is 2. The largest absolute Gasteiger partial charge is 0.313 e. The first-order chi connectivity index (χ1) is 9.11. The molecule has 2 rings (SSSR count). The average molecular weight is 261 g/mol. The van der Waals surface area contributed by atoms with E-state index in [1.807, 2.05) is 0 Å². The van der Waals surface area contributed by atoms with Crippen LogP contribution < -0.4 is 5.32 Å². The number of aryl methyl sites for hydroxylation is 2. The minimum absolute atomic E-state index is 0.585. The van der Waals surface area contributed by atoms with Crippen LogP contribution in [0.5, 0.6) is 0 Å². The van der Waals surface area contributed by atoms with Crippen molar-refractivity contribution in [1.82, 2.24) is 15.3 Å². The van der Waals surface area contributed by atoms with Gasteiger partial charge in [-0.05, 0) is 39.2 Å². The van der Waals surface area contributed by atoms with E-state index in [2.05, 4.69) is 33.0 Å². The van der Waals surface area contributed by atoms with Crippen molar-refractivity contribution in [3.05, 3.63) is 22.8 Å². The number of nitrogens with one attached hydrogen (secondary N) is 1. The van der Waals surface area contributed by atoms with Gasteiger partial charge in [0.2, 0.25) is 0 Å². The molecule has 0 aliphatic heterocycles. The summed E-state index contributed by atoms with van der Waals surface area (Å²) in [6.45, 7) is 10.6. The Bertz CT molecular complexity index is 397. The molecule has 19 heavy (non-hydrogen) atoms. The van der Waals surface area contributed by atoms with Gasteiger partial charge in [0.05, 0.1) is 0 Å². The minimum Gasteiger partial charge on any atom is -0.313 e. The van der Waals surface area contributed by atoms with Crippen molar-refractivity contribution in [2.75, 3.05) is 6.54 Å². The van der Waals surface area contributed by atoms with Crippen LogP contribution in [0.1, 0.15) is 68.2 Å². The fourth-order valence-corrected chi connectivity index (χ4v) is 2.97. The Hall–Kier alpha value is -0.960. The van der Waals surface area contributed by atoms with Gasteiger partial charge in [-0.1, -0.05) is 26.7 Å². The van der Waals surface area contributed by atoms with Crippen molar-refractivity contribution in [3.63, 3.8) is 0 Å². The zero-order valence-electron chi connectivity index (χ0n) is 12.8. The summed E-state index contributed by atoms with van der Waals surface area (Å²) in [5, 5.41) is 3.37. The molecule has 1 aliphatic carbocycles. The van der Waals surface area contributed by atoms with Crippen molar-refractivity contribution in [1.29, 1.82) is 0 Å². The normalized spacial score (nSPS) is 23.6. The summed E-state index contributed by atoms with van der Waals surface area (Å²) >= 11 is 0. The molecule has 1 aromatic heterocycles. The minimum atomic E-state index is 0.585. The van der Waals surface area contributed by atoms with E-state index in [4.69, 9.17) is 9.97 Å². The standard InChI is InChI=1S/C16H27N3/c1-5-17-10-15-12(3)18-16(19-13(15)4)14-8-6-11(2)7-9-14/h11,14,17H,5-10H2,1-4H3. The van der Waals surface area contributed by atoms with E-state index < -0.39 is 0 Å². The lowest BCUT2D eigenvalue weighted by molar-refractivity contribution is 0.339. The Labute approximate surface area is 117 Å². The Morgan fingerprint density at radius 1 is 1.05 bits per heavy atom. The SMILES string of the molecule is CCNCc1c(C)nc(C2CCC(C)CC2)nc1C. The maximum absolute atomic E-state index is 4.78. The second-order valence-electron chi connectivity index (χ2n) is 5.97. The summed E-state index contributed by atoms with van der Waals surface area (Å²) in [7, 11) is 0. The van der Waals surface area contributed by atoms with Crippen LogP contribution in [0.4, 0.5) is 0 Å². The zero-order chi connectivity index (χ0) is 13.8. The third kappa shape index (κ3) is 3.53. The number of rotatable bonds is 4. The molecule has 106 valence electrons. The Morgan fingerprint density at radius 3 is 2.16 bits per heavy atom. The quantitative estimate of drug-likeness (QED) is 0.901. The lowest BCUT2D eigenvalue weighted by Gasteiger charge is -2.25. The monoisotopic (exact) mass is 261 g/mol. The molecule has 0 radical (unpaired) electrons. The van der Waals surface area contributed by atoms with Crippen LogP contribution in [0.15, 0.2) is 0 Å². The molecule has 3 heteroatoms. The van der Waals surface area contributed by atoms with Gasteiger partial charge in [-0.15, -0.1) is 0 Å². The van der Waals surface area contributed by atoms with Gasteiger partial charge in [0.1, 0.15) is 5.82 Å². The van der Waals surface area contributed by atoms with Gasteiger partial charge in [-0.2, -0.15) is 0 Å². The van der Waals surface area contributed by atoms with Crippen LogP contribution in [-0.4, -0.2) is 16.5 Å². The molecule has 0 aromatic carbocycles. The summed E-state index contributed by atoms with van der Waals surface area (Å²) in [6.07, 6.45) is 5.16. The summed E-state index contributed by atoms with van der Waals surface area (Å²) in [5.74, 6) is 2.55. The molecule has 0 atom stereocenters. The first-order valence-corrected chi connectivity index (χ1v) is 7.66. The zero-order valence-corrected chi connectivity index (χ0v) is 12.8. The Balaban J connectivity index is 2.15. The van der Waals surface area contributed by atoms with Gasteiger partial charge < -0.3 is 5.32 Å². The lowest BCUT2D eigenvalue weighted by atomic mass is 9.82. The van der Waals surface area contributed by atoms with Crippen molar-refractivity contribution < 1.29 is 0 Å². The van der Waals surface area contributed by atoms with Crippen LogP contribution in [-0.2, 0) is 6.54 Å². The molecular formula is C16H27N3. The predicted octanol–water partition coefficient (Wildman–Crippen LogP) is 3.50. The van der Waals surface area contributed by atoms with Gasteiger partial charge in [0.15, 0.2) is 0 Å². The van der Waals surface area contributed by atoms with Crippen molar-refractivity contribution in [2.24, 2.45) is 5.92 Å². The van der Waals surface area contributed by atoms with Crippen LogP contribution in [0.3, 0.4) is 0 Å². The Kier molecular flexibility index (Phi) is 4.92. The molecule has 1 saturated carbocycles. The van der Waals surface area contributed by atoms with E-state index in [1.165, 1.54) is 31.2 Å². The number of hydrogen-bond acceptors (Lipinski definition) is 3. The highest BCUT2D eigenvalue weighted by molar-refractivity contribution is 5.25. The first-order valence-electron chi connectivity index (χ1n) is 7.66. The van der Waals surface area contributed by atoms with E-state index in [9.17, 15) is 0 Å². The van der Waals surface area contributed by atoms with Gasteiger partial charge in [-0.3, -0.25) is 0 Å². The van der Waals surface area contributed by atoms with Gasteiger partial charge in [-0.25, -0.2) is 9.97 Å². The molecule has 1 aromatic rings. The van der Waals surface area contributed by atoms with Gasteiger partial charge >= 0.3 is 0 Å². The van der Waals surface area contributed by atoms with Crippen LogP contribution >= 0.6 is 0 Å². The van der Waals surface area contributed by atoms with Crippen molar-refractivity contribution >= 4 is 0 Å². The lowest BCUT2D eigenvalue weighted by Crippen LogP contribution is -2.18. The molecule has 1 aliphatic rings. The predicted molar refractivity (Wildman–Crippen MR) is 79.3 cm³/mol. The average Bonchev–Trinajstić information content (AvgIpc) is 2.38. The van der Waals surface area contributed by atoms with Crippen LogP contribution in [0, 0.1) is 19.8 Å². The van der Waals surface area contributed by atoms with E-state index in [0.29, 0.717) is 5.92 Å². The van der Waals surface area contributed by atoms with Gasteiger partial charge in [0, 0.05) is 29.4 Å². The smallest absolute Gasteiger partial charge is 0.131 e. The maximum atomic E-state index is 4.78. The highest BCUT2D eigenvalue weighted by atomic mass is 14.9. The second kappa shape index (κ2) is 6.47. The third-order valence-corrected chi connectivity index (χ3v) is 4.37. The molecule has 1 N–H and O–H groups in total. The first kappa shape index (κ1) is 14.4. The van der Waals surface area contributed by atoms with E-state index in [1.54, 1.807) is 0 Å². The molecule has 1 fully saturated rings. The summed E-state index contributed by atoms with van der Waals surface area (Å²) < 4.78 is 0. The fourth-order valence-electron chi connectivity index (χ4n) is 2.97. The highest BCUT2D eigenvalue weighted by Crippen LogP contribution is 2.34. The Morgan fingerprint density at radius 2 is 1.63 bits per heavy atom. The van der Waals surface area contributed by atoms with Crippen molar-refractivity contribution in [2.45, 2.75) is 65.8 Å². The molecule has 3 nitrogen and oxygen atoms in total. The molecule has 0 bridgehead atoms. The van der Waals surface area contributed by atoms with Gasteiger partial charge in [0.25, 0.3) is 0 Å². The molecule has 0 spiro atoms. The molecule has 1 heterocycles. The van der Waals surface area contributed by atoms with Crippen molar-refractivity contribution in [3.8, 4) is 0 Å². The fraction of sp³-hybridized carbons (Fsp3) is 0.750. The summed E-state index contributed by atoms with van der Waals surface area (Å²) in [5.41, 5.74) is 3.58.